The van der Waals surface area contributed by atoms with Crippen LogP contribution < -0.4 is 15.6 Å². The van der Waals surface area contributed by atoms with Crippen LogP contribution in [0.4, 0.5) is 0 Å². The summed E-state index contributed by atoms with van der Waals surface area (Å²) in [5.41, 5.74) is 2.55. The van der Waals surface area contributed by atoms with E-state index in [-0.39, 0.29) is 11.6 Å². The monoisotopic (exact) mass is 399 g/mol. The molecule has 1 N–H and O–H groups in total. The van der Waals surface area contributed by atoms with E-state index in [4.69, 9.17) is 9.72 Å². The zero-order valence-corrected chi connectivity index (χ0v) is 17.2. The number of nitrogens with one attached hydrogen (secondary N) is 1. The summed E-state index contributed by atoms with van der Waals surface area (Å²) in [7, 11) is 1.61. The molecular formula is C25H25N3O2. The van der Waals surface area contributed by atoms with Crippen molar-refractivity contribution < 1.29 is 4.74 Å². The average molecular weight is 399 g/mol. The van der Waals surface area contributed by atoms with E-state index in [2.05, 4.69) is 17.4 Å². The van der Waals surface area contributed by atoms with Crippen molar-refractivity contribution in [3.63, 3.8) is 0 Å². The molecular weight excluding hydrogens is 374 g/mol. The van der Waals surface area contributed by atoms with Gasteiger partial charge in [-0.15, -0.1) is 0 Å². The van der Waals surface area contributed by atoms with Crippen LogP contribution in [0, 0.1) is 0 Å². The largest absolute Gasteiger partial charge is 0.495 e. The maximum Gasteiger partial charge on any atom is 0.266 e. The van der Waals surface area contributed by atoms with Gasteiger partial charge in [0.2, 0.25) is 0 Å². The first-order valence-corrected chi connectivity index (χ1v) is 10.1. The van der Waals surface area contributed by atoms with Crippen LogP contribution >= 0.6 is 0 Å². The van der Waals surface area contributed by atoms with Crippen LogP contribution in [0.5, 0.6) is 5.75 Å². The molecule has 0 aliphatic heterocycles. The van der Waals surface area contributed by atoms with Gasteiger partial charge in [-0.25, -0.2) is 4.98 Å². The van der Waals surface area contributed by atoms with Crippen molar-refractivity contribution in [3.05, 3.63) is 101 Å². The second-order valence-corrected chi connectivity index (χ2v) is 7.21. The first-order chi connectivity index (χ1) is 14.7. The van der Waals surface area contributed by atoms with E-state index in [1.54, 1.807) is 11.7 Å². The first kappa shape index (κ1) is 19.9. The Morgan fingerprint density at radius 2 is 1.67 bits per heavy atom. The second kappa shape index (κ2) is 8.93. The van der Waals surface area contributed by atoms with Crippen LogP contribution in [0.25, 0.3) is 16.6 Å². The van der Waals surface area contributed by atoms with Gasteiger partial charge in [0.15, 0.2) is 0 Å². The Kier molecular flexibility index (Phi) is 5.91. The number of rotatable bonds is 7. The van der Waals surface area contributed by atoms with Gasteiger partial charge in [0, 0.05) is 0 Å². The number of hydrogen-bond donors (Lipinski definition) is 1. The van der Waals surface area contributed by atoms with Crippen LogP contribution in [0.15, 0.2) is 83.7 Å². The predicted molar refractivity (Wildman–Crippen MR) is 120 cm³/mol. The Hall–Kier alpha value is -3.44. The van der Waals surface area contributed by atoms with Crippen molar-refractivity contribution in [2.45, 2.75) is 19.4 Å². The normalized spacial score (nSPS) is 12.1. The summed E-state index contributed by atoms with van der Waals surface area (Å²) in [5, 5.41) is 4.11. The summed E-state index contributed by atoms with van der Waals surface area (Å²) in [6.45, 7) is 2.81. The van der Waals surface area contributed by atoms with Crippen molar-refractivity contribution in [3.8, 4) is 11.4 Å². The van der Waals surface area contributed by atoms with Gasteiger partial charge >= 0.3 is 0 Å². The third kappa shape index (κ3) is 3.98. The lowest BCUT2D eigenvalue weighted by Gasteiger charge is -2.21. The number of benzene rings is 3. The Labute approximate surface area is 176 Å². The molecule has 4 aromatic rings. The molecule has 5 heteroatoms. The molecule has 0 amide bonds. The van der Waals surface area contributed by atoms with Crippen molar-refractivity contribution in [2.75, 3.05) is 13.7 Å². The Bertz CT molecular complexity index is 1200. The predicted octanol–water partition coefficient (Wildman–Crippen LogP) is 4.29. The minimum atomic E-state index is -0.129. The molecule has 1 atom stereocenters. The zero-order chi connectivity index (χ0) is 20.9. The number of methoxy groups -OCH3 is 1. The molecule has 5 nitrogen and oxygen atoms in total. The topological polar surface area (TPSA) is 56.1 Å². The van der Waals surface area contributed by atoms with Gasteiger partial charge in [-0.2, -0.15) is 0 Å². The fourth-order valence-electron chi connectivity index (χ4n) is 3.66. The molecule has 1 aromatic heterocycles. The molecule has 0 bridgehead atoms. The summed E-state index contributed by atoms with van der Waals surface area (Å²) >= 11 is 0. The van der Waals surface area contributed by atoms with Crippen LogP contribution in [0.2, 0.25) is 0 Å². The van der Waals surface area contributed by atoms with Gasteiger partial charge in [0.05, 0.1) is 29.7 Å². The van der Waals surface area contributed by atoms with Gasteiger partial charge < -0.3 is 10.1 Å². The van der Waals surface area contributed by atoms with Crippen molar-refractivity contribution in [1.82, 2.24) is 14.9 Å². The molecule has 0 aliphatic carbocycles. The molecule has 0 aliphatic rings. The lowest BCUT2D eigenvalue weighted by molar-refractivity contribution is 0.411. The number of hydrogen-bond acceptors (Lipinski definition) is 4. The molecule has 0 radical (unpaired) electrons. The number of ether oxygens (including phenoxy) is 1. The third-order valence-electron chi connectivity index (χ3n) is 5.22. The molecule has 0 saturated carbocycles. The standard InChI is InChI=1S/C25H25N3O2/c1-18(26-17-16-19-10-4-3-5-11-19)24-27-21-13-7-6-12-20(21)25(29)28(24)22-14-8-9-15-23(22)30-2/h3-15,18,26H,16-17H2,1-2H3. The smallest absolute Gasteiger partial charge is 0.266 e. The fourth-order valence-corrected chi connectivity index (χ4v) is 3.66. The minimum Gasteiger partial charge on any atom is -0.495 e. The van der Waals surface area contributed by atoms with E-state index in [1.165, 1.54) is 5.56 Å². The maximum absolute atomic E-state index is 13.5. The van der Waals surface area contributed by atoms with Crippen LogP contribution in [0.3, 0.4) is 0 Å². The first-order valence-electron chi connectivity index (χ1n) is 10.1. The van der Waals surface area contributed by atoms with Crippen LogP contribution in [-0.2, 0) is 6.42 Å². The molecule has 3 aromatic carbocycles. The van der Waals surface area contributed by atoms with Gasteiger partial charge in [-0.05, 0) is 49.7 Å². The lowest BCUT2D eigenvalue weighted by atomic mass is 10.1. The number of fused-ring (bicyclic) bond motifs is 1. The number of nitrogens with zero attached hydrogens (tertiary/aromatic N) is 2. The summed E-state index contributed by atoms with van der Waals surface area (Å²) in [5.74, 6) is 1.30. The molecule has 0 fully saturated rings. The SMILES string of the molecule is COc1ccccc1-n1c(C(C)NCCc2ccccc2)nc2ccccc2c1=O. The average Bonchev–Trinajstić information content (AvgIpc) is 2.79. The highest BCUT2D eigenvalue weighted by Gasteiger charge is 2.19. The molecule has 152 valence electrons. The molecule has 4 rings (SSSR count). The summed E-state index contributed by atoms with van der Waals surface area (Å²) in [4.78, 5) is 18.3. The van der Waals surface area contributed by atoms with Gasteiger partial charge in [0.1, 0.15) is 11.6 Å². The molecule has 0 saturated heterocycles. The van der Waals surface area contributed by atoms with Crippen molar-refractivity contribution in [1.29, 1.82) is 0 Å². The van der Waals surface area contributed by atoms with Gasteiger partial charge in [-0.1, -0.05) is 54.6 Å². The van der Waals surface area contributed by atoms with Crippen molar-refractivity contribution in [2.24, 2.45) is 0 Å². The number of para-hydroxylation sites is 3. The van der Waals surface area contributed by atoms with E-state index in [9.17, 15) is 4.79 Å². The van der Waals surface area contributed by atoms with Crippen molar-refractivity contribution >= 4 is 10.9 Å². The maximum atomic E-state index is 13.5. The summed E-state index contributed by atoms with van der Waals surface area (Å²) in [6.07, 6.45) is 0.900. The third-order valence-corrected chi connectivity index (χ3v) is 5.22. The second-order valence-electron chi connectivity index (χ2n) is 7.21. The molecule has 0 spiro atoms. The molecule has 30 heavy (non-hydrogen) atoms. The van der Waals surface area contributed by atoms with E-state index >= 15 is 0 Å². The van der Waals surface area contributed by atoms with Crippen LogP contribution in [0.1, 0.15) is 24.4 Å². The Balaban J connectivity index is 1.75. The van der Waals surface area contributed by atoms with Gasteiger partial charge in [0.25, 0.3) is 5.56 Å². The Morgan fingerprint density at radius 3 is 2.47 bits per heavy atom. The van der Waals surface area contributed by atoms with E-state index in [0.717, 1.165) is 13.0 Å². The van der Waals surface area contributed by atoms with E-state index < -0.39 is 0 Å². The highest BCUT2D eigenvalue weighted by Crippen LogP contribution is 2.25. The minimum absolute atomic E-state index is 0.100. The van der Waals surface area contributed by atoms with Gasteiger partial charge in [-0.3, -0.25) is 9.36 Å². The lowest BCUT2D eigenvalue weighted by Crippen LogP contribution is -2.31. The van der Waals surface area contributed by atoms with E-state index in [0.29, 0.717) is 28.2 Å². The summed E-state index contributed by atoms with van der Waals surface area (Å²) < 4.78 is 7.20. The molecule has 1 unspecified atom stereocenters. The van der Waals surface area contributed by atoms with E-state index in [1.807, 2.05) is 73.7 Å². The molecule has 1 heterocycles. The highest BCUT2D eigenvalue weighted by molar-refractivity contribution is 5.78. The highest BCUT2D eigenvalue weighted by atomic mass is 16.5. The van der Waals surface area contributed by atoms with Crippen LogP contribution in [-0.4, -0.2) is 23.2 Å². The Morgan fingerprint density at radius 1 is 0.967 bits per heavy atom. The number of aromatic nitrogens is 2. The fraction of sp³-hybridized carbons (Fsp3) is 0.200. The zero-order valence-electron chi connectivity index (χ0n) is 17.2. The summed E-state index contributed by atoms with van der Waals surface area (Å²) in [6, 6.07) is 25.2. The quantitative estimate of drug-likeness (QED) is 0.504.